The Balaban J connectivity index is 1.45. The standard InChI is InChI=1S/C24H29N3O4/c28-15-21-23(31-16-22(29)27(21)14-17-5-4-12-25-13-17)18-8-10-20(11-9-18)26-24(30)19-6-2-1-3-7-19/h4-5,8-13,19,21,23,28H,1-3,6-7,14-16H2,(H,26,30). The molecule has 0 radical (unpaired) electrons. The Morgan fingerprint density at radius 1 is 1.16 bits per heavy atom. The van der Waals surface area contributed by atoms with Gasteiger partial charge in [-0.05, 0) is 42.2 Å². The second-order valence-corrected chi connectivity index (χ2v) is 8.31. The molecule has 1 aliphatic carbocycles. The molecule has 2 fully saturated rings. The van der Waals surface area contributed by atoms with Crippen molar-refractivity contribution in [1.82, 2.24) is 9.88 Å². The highest BCUT2D eigenvalue weighted by Crippen LogP contribution is 2.31. The lowest BCUT2D eigenvalue weighted by Crippen LogP contribution is -2.52. The van der Waals surface area contributed by atoms with Crippen LogP contribution in [0.1, 0.15) is 49.3 Å². The van der Waals surface area contributed by atoms with Crippen LogP contribution in [-0.4, -0.2) is 46.1 Å². The Bertz CT molecular complexity index is 881. The molecule has 2 N–H and O–H groups in total. The number of nitrogens with one attached hydrogen (secondary N) is 1. The zero-order chi connectivity index (χ0) is 21.6. The molecule has 1 saturated carbocycles. The van der Waals surface area contributed by atoms with Crippen molar-refractivity contribution in [2.75, 3.05) is 18.5 Å². The van der Waals surface area contributed by atoms with E-state index in [1.807, 2.05) is 36.4 Å². The number of amides is 2. The zero-order valence-corrected chi connectivity index (χ0v) is 17.6. The first-order valence-electron chi connectivity index (χ1n) is 11.0. The van der Waals surface area contributed by atoms with Gasteiger partial charge in [0.2, 0.25) is 11.8 Å². The lowest BCUT2D eigenvalue weighted by atomic mass is 9.88. The summed E-state index contributed by atoms with van der Waals surface area (Å²) in [6, 6.07) is 10.7. The first kappa shape index (κ1) is 21.5. The van der Waals surface area contributed by atoms with Crippen LogP contribution in [0, 0.1) is 5.92 Å². The van der Waals surface area contributed by atoms with Crippen molar-refractivity contribution in [3.8, 4) is 0 Å². The summed E-state index contributed by atoms with van der Waals surface area (Å²) in [5.74, 6) is 0.0271. The van der Waals surface area contributed by atoms with Gasteiger partial charge in [0.15, 0.2) is 0 Å². The highest BCUT2D eigenvalue weighted by Gasteiger charge is 2.37. The van der Waals surface area contributed by atoms with E-state index in [4.69, 9.17) is 4.74 Å². The van der Waals surface area contributed by atoms with Crippen LogP contribution in [0.3, 0.4) is 0 Å². The predicted molar refractivity (Wildman–Crippen MR) is 116 cm³/mol. The van der Waals surface area contributed by atoms with Gasteiger partial charge in [-0.3, -0.25) is 14.6 Å². The highest BCUT2D eigenvalue weighted by atomic mass is 16.5. The number of ether oxygens (including phenoxy) is 1. The second-order valence-electron chi connectivity index (χ2n) is 8.31. The number of carbonyl (C=O) groups excluding carboxylic acids is 2. The summed E-state index contributed by atoms with van der Waals surface area (Å²) in [4.78, 5) is 30.7. The topological polar surface area (TPSA) is 91.8 Å². The van der Waals surface area contributed by atoms with Crippen molar-refractivity contribution >= 4 is 17.5 Å². The maximum atomic E-state index is 12.5. The maximum Gasteiger partial charge on any atom is 0.249 e. The minimum Gasteiger partial charge on any atom is -0.394 e. The summed E-state index contributed by atoms with van der Waals surface area (Å²) in [6.07, 6.45) is 8.33. The third-order valence-corrected chi connectivity index (χ3v) is 6.20. The van der Waals surface area contributed by atoms with Crippen LogP contribution in [-0.2, 0) is 20.9 Å². The molecular formula is C24H29N3O4. The minimum atomic E-state index is -0.496. The average molecular weight is 424 g/mol. The number of rotatable bonds is 6. The molecule has 2 heterocycles. The molecule has 164 valence electrons. The lowest BCUT2D eigenvalue weighted by Gasteiger charge is -2.40. The van der Waals surface area contributed by atoms with Crippen molar-refractivity contribution in [2.24, 2.45) is 5.92 Å². The van der Waals surface area contributed by atoms with Gasteiger partial charge in [-0.2, -0.15) is 0 Å². The average Bonchev–Trinajstić information content (AvgIpc) is 2.82. The fourth-order valence-electron chi connectivity index (χ4n) is 4.48. The van der Waals surface area contributed by atoms with Crippen molar-refractivity contribution < 1.29 is 19.4 Å². The number of anilines is 1. The fourth-order valence-corrected chi connectivity index (χ4v) is 4.48. The van der Waals surface area contributed by atoms with Gasteiger partial charge in [0.25, 0.3) is 0 Å². The Morgan fingerprint density at radius 2 is 1.94 bits per heavy atom. The molecule has 1 aromatic heterocycles. The summed E-state index contributed by atoms with van der Waals surface area (Å²) in [5.41, 5.74) is 2.51. The summed E-state index contributed by atoms with van der Waals surface area (Å²) < 4.78 is 5.81. The summed E-state index contributed by atoms with van der Waals surface area (Å²) >= 11 is 0. The van der Waals surface area contributed by atoms with Crippen LogP contribution in [0.25, 0.3) is 0 Å². The second kappa shape index (κ2) is 10.0. The molecule has 1 aliphatic heterocycles. The smallest absolute Gasteiger partial charge is 0.249 e. The molecule has 2 unspecified atom stereocenters. The van der Waals surface area contributed by atoms with E-state index in [-0.39, 0.29) is 30.9 Å². The van der Waals surface area contributed by atoms with Gasteiger partial charge in [-0.15, -0.1) is 0 Å². The van der Waals surface area contributed by atoms with Crippen LogP contribution >= 0.6 is 0 Å². The van der Waals surface area contributed by atoms with Crippen LogP contribution in [0.15, 0.2) is 48.8 Å². The van der Waals surface area contributed by atoms with E-state index in [1.165, 1.54) is 6.42 Å². The van der Waals surface area contributed by atoms with Crippen molar-refractivity contribution in [2.45, 2.75) is 50.8 Å². The van der Waals surface area contributed by atoms with E-state index in [0.717, 1.165) is 42.5 Å². The normalized spacial score (nSPS) is 22.4. The molecule has 31 heavy (non-hydrogen) atoms. The van der Waals surface area contributed by atoms with E-state index in [0.29, 0.717) is 6.54 Å². The van der Waals surface area contributed by atoms with E-state index in [2.05, 4.69) is 10.3 Å². The number of aliphatic hydroxyl groups excluding tert-OH is 1. The van der Waals surface area contributed by atoms with Gasteiger partial charge < -0.3 is 20.1 Å². The third kappa shape index (κ3) is 5.11. The Kier molecular flexibility index (Phi) is 6.94. The third-order valence-electron chi connectivity index (χ3n) is 6.20. The van der Waals surface area contributed by atoms with Crippen LogP contribution < -0.4 is 5.32 Å². The number of nitrogens with zero attached hydrogens (tertiary/aromatic N) is 2. The molecule has 2 aromatic rings. The minimum absolute atomic E-state index is 0.0401. The molecule has 2 atom stereocenters. The van der Waals surface area contributed by atoms with Gasteiger partial charge in [0.05, 0.1) is 12.6 Å². The zero-order valence-electron chi connectivity index (χ0n) is 17.6. The van der Waals surface area contributed by atoms with Gasteiger partial charge in [0, 0.05) is 30.5 Å². The molecule has 0 bridgehead atoms. The summed E-state index contributed by atoms with van der Waals surface area (Å²) in [6.45, 7) is 0.117. The number of aliphatic hydroxyl groups is 1. The van der Waals surface area contributed by atoms with Gasteiger partial charge in [0.1, 0.15) is 12.7 Å². The van der Waals surface area contributed by atoms with E-state index in [1.54, 1.807) is 17.3 Å². The SMILES string of the molecule is O=C(Nc1ccc(C2OCC(=O)N(Cc3cccnc3)C2CO)cc1)C1CCCCC1. The number of benzene rings is 1. The van der Waals surface area contributed by atoms with Crippen molar-refractivity contribution in [1.29, 1.82) is 0 Å². The number of morpholine rings is 1. The van der Waals surface area contributed by atoms with Gasteiger partial charge >= 0.3 is 0 Å². The first-order chi connectivity index (χ1) is 15.2. The molecule has 4 rings (SSSR count). The molecule has 7 heteroatoms. The number of aromatic nitrogens is 1. The van der Waals surface area contributed by atoms with Crippen molar-refractivity contribution in [3.05, 3.63) is 59.9 Å². The lowest BCUT2D eigenvalue weighted by molar-refractivity contribution is -0.162. The highest BCUT2D eigenvalue weighted by molar-refractivity contribution is 5.92. The summed E-state index contributed by atoms with van der Waals surface area (Å²) in [5, 5.41) is 13.1. The Hall–Kier alpha value is -2.77. The van der Waals surface area contributed by atoms with E-state index in [9.17, 15) is 14.7 Å². The van der Waals surface area contributed by atoms with Gasteiger partial charge in [-0.25, -0.2) is 0 Å². The number of hydrogen-bond acceptors (Lipinski definition) is 5. The van der Waals surface area contributed by atoms with Crippen LogP contribution in [0.4, 0.5) is 5.69 Å². The number of carbonyl (C=O) groups is 2. The monoisotopic (exact) mass is 423 g/mol. The number of hydrogen-bond donors (Lipinski definition) is 2. The van der Waals surface area contributed by atoms with Crippen molar-refractivity contribution in [3.63, 3.8) is 0 Å². The quantitative estimate of drug-likeness (QED) is 0.745. The molecule has 2 amide bonds. The number of pyridine rings is 1. The van der Waals surface area contributed by atoms with E-state index < -0.39 is 12.1 Å². The van der Waals surface area contributed by atoms with Gasteiger partial charge in [-0.1, -0.05) is 37.5 Å². The predicted octanol–water partition coefficient (Wildman–Crippen LogP) is 3.06. The Morgan fingerprint density at radius 3 is 2.61 bits per heavy atom. The fraction of sp³-hybridized carbons (Fsp3) is 0.458. The van der Waals surface area contributed by atoms with E-state index >= 15 is 0 Å². The maximum absolute atomic E-state index is 12.5. The first-order valence-corrected chi connectivity index (χ1v) is 11.0. The molecule has 2 aliphatic rings. The molecule has 7 nitrogen and oxygen atoms in total. The Labute approximate surface area is 182 Å². The molecule has 0 spiro atoms. The summed E-state index contributed by atoms with van der Waals surface area (Å²) in [7, 11) is 0. The molecule has 1 aromatic carbocycles. The van der Waals surface area contributed by atoms with Crippen LogP contribution in [0.5, 0.6) is 0 Å². The molecule has 1 saturated heterocycles. The van der Waals surface area contributed by atoms with Crippen LogP contribution in [0.2, 0.25) is 0 Å². The largest absolute Gasteiger partial charge is 0.394 e. The molecular weight excluding hydrogens is 394 g/mol.